The van der Waals surface area contributed by atoms with Gasteiger partial charge in [-0.15, -0.1) is 5.10 Å². The number of hydrogen-bond acceptors (Lipinski definition) is 4. The quantitative estimate of drug-likeness (QED) is 0.685. The summed E-state index contributed by atoms with van der Waals surface area (Å²) in [5.74, 6) is 1.02. The minimum Gasteiger partial charge on any atom is -0.480 e. The van der Waals surface area contributed by atoms with Gasteiger partial charge in [0.25, 0.3) is 5.56 Å². The van der Waals surface area contributed by atoms with Crippen molar-refractivity contribution < 1.29 is 4.74 Å². The van der Waals surface area contributed by atoms with Crippen LogP contribution in [0.25, 0.3) is 0 Å². The largest absolute Gasteiger partial charge is 0.480 e. The highest BCUT2D eigenvalue weighted by molar-refractivity contribution is 7.80. The number of thiol groups is 1. The van der Waals surface area contributed by atoms with E-state index in [0.29, 0.717) is 18.2 Å². The average molecular weight is 186 g/mol. The Kier molecular flexibility index (Phi) is 3.16. The lowest BCUT2D eigenvalue weighted by molar-refractivity contribution is 0.378. The summed E-state index contributed by atoms with van der Waals surface area (Å²) in [6.07, 6.45) is 0. The van der Waals surface area contributed by atoms with Gasteiger partial charge in [-0.3, -0.25) is 4.79 Å². The SMILES string of the molecule is COc1ccc(=O)n(CCS)n1. The zero-order chi connectivity index (χ0) is 8.97. The van der Waals surface area contributed by atoms with Gasteiger partial charge in [0.1, 0.15) is 0 Å². The molecule has 0 saturated heterocycles. The fourth-order valence-electron chi connectivity index (χ4n) is 0.794. The third kappa shape index (κ3) is 2.01. The van der Waals surface area contributed by atoms with Crippen LogP contribution in [0, 0.1) is 0 Å². The lowest BCUT2D eigenvalue weighted by Crippen LogP contribution is -2.22. The van der Waals surface area contributed by atoms with Crippen molar-refractivity contribution in [3.8, 4) is 5.88 Å². The standard InChI is InChI=1S/C7H10N2O2S/c1-11-6-2-3-7(10)9(8-6)4-5-12/h2-3,12H,4-5H2,1H3. The predicted molar refractivity (Wildman–Crippen MR) is 48.9 cm³/mol. The Labute approximate surface area is 75.6 Å². The van der Waals surface area contributed by atoms with Crippen molar-refractivity contribution in [2.45, 2.75) is 6.54 Å². The van der Waals surface area contributed by atoms with Gasteiger partial charge >= 0.3 is 0 Å². The van der Waals surface area contributed by atoms with E-state index in [2.05, 4.69) is 17.7 Å². The molecule has 0 bridgehead atoms. The van der Waals surface area contributed by atoms with E-state index >= 15 is 0 Å². The molecule has 4 nitrogen and oxygen atoms in total. The molecule has 1 aromatic rings. The van der Waals surface area contributed by atoms with E-state index in [0.717, 1.165) is 0 Å². The third-order valence-corrected chi connectivity index (χ3v) is 1.56. The fourth-order valence-corrected chi connectivity index (χ4v) is 0.983. The van der Waals surface area contributed by atoms with Crippen LogP contribution in [-0.4, -0.2) is 22.6 Å². The van der Waals surface area contributed by atoms with E-state index in [1.54, 1.807) is 0 Å². The summed E-state index contributed by atoms with van der Waals surface area (Å²) in [7, 11) is 1.51. The van der Waals surface area contributed by atoms with Gasteiger partial charge in [-0.05, 0) is 0 Å². The zero-order valence-electron chi connectivity index (χ0n) is 6.73. The third-order valence-electron chi connectivity index (χ3n) is 1.36. The number of ether oxygens (including phenoxy) is 1. The molecule has 0 spiro atoms. The molecule has 0 aromatic carbocycles. The Morgan fingerprint density at radius 1 is 1.67 bits per heavy atom. The first-order valence-electron chi connectivity index (χ1n) is 3.51. The number of aryl methyl sites for hydroxylation is 1. The monoisotopic (exact) mass is 186 g/mol. The summed E-state index contributed by atoms with van der Waals surface area (Å²) in [6, 6.07) is 2.96. The molecule has 0 N–H and O–H groups in total. The Balaban J connectivity index is 3.00. The normalized spacial score (nSPS) is 9.83. The highest BCUT2D eigenvalue weighted by Crippen LogP contribution is 1.98. The summed E-state index contributed by atoms with van der Waals surface area (Å²) in [5, 5.41) is 3.91. The van der Waals surface area contributed by atoms with E-state index in [1.165, 1.54) is 23.9 Å². The van der Waals surface area contributed by atoms with Crippen LogP contribution in [-0.2, 0) is 6.54 Å². The molecule has 0 aliphatic carbocycles. The maximum atomic E-state index is 11.1. The maximum Gasteiger partial charge on any atom is 0.267 e. The Hall–Kier alpha value is -0.970. The zero-order valence-corrected chi connectivity index (χ0v) is 7.62. The van der Waals surface area contributed by atoms with E-state index < -0.39 is 0 Å². The molecule has 0 atom stereocenters. The molecule has 12 heavy (non-hydrogen) atoms. The van der Waals surface area contributed by atoms with Crippen LogP contribution in [0.15, 0.2) is 16.9 Å². The number of nitrogens with zero attached hydrogens (tertiary/aromatic N) is 2. The minimum absolute atomic E-state index is 0.134. The number of aromatic nitrogens is 2. The van der Waals surface area contributed by atoms with Gasteiger partial charge in [-0.25, -0.2) is 4.68 Å². The van der Waals surface area contributed by atoms with Crippen LogP contribution < -0.4 is 10.3 Å². The fraction of sp³-hybridized carbons (Fsp3) is 0.429. The van der Waals surface area contributed by atoms with Crippen molar-refractivity contribution >= 4 is 12.6 Å². The summed E-state index contributed by atoms with van der Waals surface area (Å²) in [5.41, 5.74) is -0.134. The van der Waals surface area contributed by atoms with Crippen molar-refractivity contribution in [1.82, 2.24) is 9.78 Å². The number of hydrogen-bond donors (Lipinski definition) is 1. The first-order chi connectivity index (χ1) is 5.77. The van der Waals surface area contributed by atoms with E-state index in [9.17, 15) is 4.79 Å². The molecule has 0 fully saturated rings. The molecule has 1 heterocycles. The van der Waals surface area contributed by atoms with Crippen molar-refractivity contribution in [1.29, 1.82) is 0 Å². The average Bonchev–Trinajstić information content (AvgIpc) is 2.09. The van der Waals surface area contributed by atoms with Gasteiger partial charge in [0.05, 0.1) is 13.7 Å². The van der Waals surface area contributed by atoms with Gasteiger partial charge in [0.15, 0.2) is 0 Å². The van der Waals surface area contributed by atoms with Crippen LogP contribution in [0.4, 0.5) is 0 Å². The van der Waals surface area contributed by atoms with E-state index in [-0.39, 0.29) is 5.56 Å². The first kappa shape index (κ1) is 9.12. The highest BCUT2D eigenvalue weighted by atomic mass is 32.1. The Morgan fingerprint density at radius 2 is 2.42 bits per heavy atom. The summed E-state index contributed by atoms with van der Waals surface area (Å²) in [4.78, 5) is 11.1. The second-order valence-corrected chi connectivity index (χ2v) is 2.61. The van der Waals surface area contributed by atoms with E-state index in [4.69, 9.17) is 4.74 Å². The summed E-state index contributed by atoms with van der Waals surface area (Å²) < 4.78 is 6.19. The first-order valence-corrected chi connectivity index (χ1v) is 4.14. The molecule has 0 amide bonds. The van der Waals surface area contributed by atoms with E-state index in [1.807, 2.05) is 0 Å². The maximum absolute atomic E-state index is 11.1. The molecule has 0 aliphatic rings. The molecule has 0 radical (unpaired) electrons. The topological polar surface area (TPSA) is 44.1 Å². The smallest absolute Gasteiger partial charge is 0.267 e. The molecule has 0 unspecified atom stereocenters. The van der Waals surface area contributed by atoms with Gasteiger partial charge in [-0.2, -0.15) is 12.6 Å². The molecule has 66 valence electrons. The Bertz CT molecular complexity index is 311. The Morgan fingerprint density at radius 3 is 3.00 bits per heavy atom. The van der Waals surface area contributed by atoms with Crippen LogP contribution >= 0.6 is 12.6 Å². The molecule has 0 aliphatic heterocycles. The second kappa shape index (κ2) is 4.15. The van der Waals surface area contributed by atoms with Gasteiger partial charge in [0.2, 0.25) is 5.88 Å². The van der Waals surface area contributed by atoms with Crippen molar-refractivity contribution in [2.75, 3.05) is 12.9 Å². The van der Waals surface area contributed by atoms with Crippen LogP contribution in [0.1, 0.15) is 0 Å². The summed E-state index contributed by atoms with van der Waals surface area (Å²) >= 11 is 4.00. The van der Waals surface area contributed by atoms with Crippen molar-refractivity contribution in [2.24, 2.45) is 0 Å². The molecule has 1 rings (SSSR count). The highest BCUT2D eigenvalue weighted by Gasteiger charge is 1.97. The van der Waals surface area contributed by atoms with Crippen LogP contribution in [0.3, 0.4) is 0 Å². The van der Waals surface area contributed by atoms with Gasteiger partial charge < -0.3 is 4.74 Å². The van der Waals surface area contributed by atoms with Crippen LogP contribution in [0.2, 0.25) is 0 Å². The number of methoxy groups -OCH3 is 1. The minimum atomic E-state index is -0.134. The lowest BCUT2D eigenvalue weighted by Gasteiger charge is -2.02. The molecular formula is C7H10N2O2S. The molecule has 5 heteroatoms. The summed E-state index contributed by atoms with van der Waals surface area (Å²) in [6.45, 7) is 0.499. The van der Waals surface area contributed by atoms with Gasteiger partial charge in [0, 0.05) is 17.9 Å². The van der Waals surface area contributed by atoms with Crippen molar-refractivity contribution in [3.63, 3.8) is 0 Å². The van der Waals surface area contributed by atoms with Crippen molar-refractivity contribution in [3.05, 3.63) is 22.5 Å². The predicted octanol–water partition coefficient (Wildman–Crippen LogP) is 0.182. The lowest BCUT2D eigenvalue weighted by atomic mass is 10.5. The molecule has 1 aromatic heterocycles. The molecular weight excluding hydrogens is 176 g/mol. The number of rotatable bonds is 3. The van der Waals surface area contributed by atoms with Crippen LogP contribution in [0.5, 0.6) is 5.88 Å². The second-order valence-electron chi connectivity index (χ2n) is 2.16. The van der Waals surface area contributed by atoms with Gasteiger partial charge in [-0.1, -0.05) is 0 Å². The molecule has 0 saturated carbocycles.